The van der Waals surface area contributed by atoms with Crippen LogP contribution in [0.25, 0.3) is 0 Å². The zero-order valence-corrected chi connectivity index (χ0v) is 13.2. The van der Waals surface area contributed by atoms with Gasteiger partial charge in [-0.2, -0.15) is 0 Å². The number of rotatable bonds is 4. The highest BCUT2D eigenvalue weighted by Crippen LogP contribution is 2.27. The molecule has 0 aliphatic heterocycles. The lowest BCUT2D eigenvalue weighted by Gasteiger charge is -2.15. The maximum absolute atomic E-state index is 12.1. The molecule has 0 spiro atoms. The van der Waals surface area contributed by atoms with Gasteiger partial charge in [0.15, 0.2) is 0 Å². The van der Waals surface area contributed by atoms with Crippen LogP contribution in [0.2, 0.25) is 5.02 Å². The number of aromatic nitrogens is 1. The quantitative estimate of drug-likeness (QED) is 0.937. The van der Waals surface area contributed by atoms with Crippen LogP contribution in [0.3, 0.4) is 0 Å². The van der Waals surface area contributed by atoms with E-state index in [4.69, 9.17) is 11.6 Å². The first-order valence-electron chi connectivity index (χ1n) is 6.24. The van der Waals surface area contributed by atoms with E-state index >= 15 is 0 Å². The third-order valence-corrected chi connectivity index (χ3v) is 4.21. The van der Waals surface area contributed by atoms with E-state index in [1.807, 2.05) is 38.1 Å². The number of carbonyl (C=O) groups excluding carboxylic acids is 1. The fourth-order valence-electron chi connectivity index (χ4n) is 1.72. The molecule has 0 bridgehead atoms. The molecule has 106 valence electrons. The summed E-state index contributed by atoms with van der Waals surface area (Å²) < 4.78 is 0. The minimum absolute atomic E-state index is 0.157. The Bertz CT molecular complexity index is 625. The Balaban J connectivity index is 2.13. The van der Waals surface area contributed by atoms with Crippen LogP contribution >= 0.6 is 22.9 Å². The first kappa shape index (κ1) is 14.8. The van der Waals surface area contributed by atoms with Crippen LogP contribution in [0, 0.1) is 0 Å². The van der Waals surface area contributed by atoms with Crippen molar-refractivity contribution in [1.82, 2.24) is 4.98 Å². The van der Waals surface area contributed by atoms with Gasteiger partial charge in [-0.1, -0.05) is 18.5 Å². The summed E-state index contributed by atoms with van der Waals surface area (Å²) in [5.74, 6) is -0.157. The predicted molar refractivity (Wildman–Crippen MR) is 85.2 cm³/mol. The third-order valence-electron chi connectivity index (χ3n) is 2.77. The van der Waals surface area contributed by atoms with Gasteiger partial charge in [0.25, 0.3) is 5.91 Å². The molecule has 0 radical (unpaired) electrons. The van der Waals surface area contributed by atoms with Gasteiger partial charge in [-0.25, -0.2) is 4.98 Å². The van der Waals surface area contributed by atoms with Crippen molar-refractivity contribution in [2.45, 2.75) is 13.3 Å². The molecule has 1 N–H and O–H groups in total. The maximum atomic E-state index is 12.1. The topological polar surface area (TPSA) is 45.2 Å². The van der Waals surface area contributed by atoms with Crippen molar-refractivity contribution in [3.63, 3.8) is 0 Å². The smallest absolute Gasteiger partial charge is 0.267 e. The van der Waals surface area contributed by atoms with Gasteiger partial charge >= 0.3 is 0 Å². The molecular weight excluding hydrogens is 294 g/mol. The molecule has 2 aromatic rings. The molecule has 0 unspecified atom stereocenters. The number of aryl methyl sites for hydroxylation is 1. The first-order chi connectivity index (χ1) is 9.51. The monoisotopic (exact) mass is 309 g/mol. The lowest BCUT2D eigenvalue weighted by atomic mass is 10.2. The van der Waals surface area contributed by atoms with Gasteiger partial charge in [-0.05, 0) is 24.6 Å². The van der Waals surface area contributed by atoms with Crippen molar-refractivity contribution in [1.29, 1.82) is 0 Å². The second-order valence-electron chi connectivity index (χ2n) is 4.49. The fraction of sp³-hybridized carbons (Fsp3) is 0.286. The Morgan fingerprint density at radius 1 is 1.45 bits per heavy atom. The summed E-state index contributed by atoms with van der Waals surface area (Å²) in [6.07, 6.45) is 2.44. The van der Waals surface area contributed by atoms with Crippen molar-refractivity contribution in [3.8, 4) is 0 Å². The van der Waals surface area contributed by atoms with Gasteiger partial charge < -0.3 is 10.2 Å². The Kier molecular flexibility index (Phi) is 4.62. The molecule has 0 fully saturated rings. The summed E-state index contributed by atoms with van der Waals surface area (Å²) in [5, 5.41) is 4.39. The summed E-state index contributed by atoms with van der Waals surface area (Å²) >= 11 is 7.59. The van der Waals surface area contributed by atoms with E-state index in [1.54, 1.807) is 12.3 Å². The zero-order chi connectivity index (χ0) is 14.7. The largest absolute Gasteiger partial charge is 0.376 e. The summed E-state index contributed by atoms with van der Waals surface area (Å²) in [5.41, 5.74) is 1.59. The normalized spacial score (nSPS) is 10.4. The van der Waals surface area contributed by atoms with Crippen LogP contribution in [0.4, 0.5) is 11.4 Å². The lowest BCUT2D eigenvalue weighted by molar-refractivity contribution is 0.103. The highest BCUT2D eigenvalue weighted by Gasteiger charge is 2.11. The second kappa shape index (κ2) is 6.24. The molecule has 0 saturated heterocycles. The van der Waals surface area contributed by atoms with E-state index in [0.29, 0.717) is 15.6 Å². The van der Waals surface area contributed by atoms with E-state index < -0.39 is 0 Å². The van der Waals surface area contributed by atoms with E-state index in [0.717, 1.165) is 17.1 Å². The molecule has 1 amide bonds. The Morgan fingerprint density at radius 3 is 2.75 bits per heavy atom. The molecule has 4 nitrogen and oxygen atoms in total. The van der Waals surface area contributed by atoms with E-state index in [2.05, 4.69) is 10.3 Å². The van der Waals surface area contributed by atoms with Gasteiger partial charge in [0, 0.05) is 19.8 Å². The highest BCUT2D eigenvalue weighted by atomic mass is 35.5. The predicted octanol–water partition coefficient (Wildman–Crippen LogP) is 3.68. The molecule has 0 atom stereocenters. The number of carbonyl (C=O) groups is 1. The summed E-state index contributed by atoms with van der Waals surface area (Å²) in [6.45, 7) is 2.01. The van der Waals surface area contributed by atoms with Crippen LogP contribution in [-0.4, -0.2) is 25.0 Å². The Morgan fingerprint density at radius 2 is 2.20 bits per heavy atom. The van der Waals surface area contributed by atoms with Crippen LogP contribution < -0.4 is 10.2 Å². The number of nitrogens with one attached hydrogen (secondary N) is 1. The second-order valence-corrected chi connectivity index (χ2v) is 6.01. The molecule has 1 heterocycles. The fourth-order valence-corrected chi connectivity index (χ4v) is 2.82. The molecular formula is C14H16ClN3OS. The molecule has 1 aromatic heterocycles. The van der Waals surface area contributed by atoms with Crippen LogP contribution in [-0.2, 0) is 6.42 Å². The number of anilines is 2. The lowest BCUT2D eigenvalue weighted by Crippen LogP contribution is -2.12. The Hall–Kier alpha value is -1.59. The first-order valence-corrected chi connectivity index (χ1v) is 7.43. The molecule has 6 heteroatoms. The van der Waals surface area contributed by atoms with Gasteiger partial charge in [0.05, 0.1) is 21.9 Å². The minimum atomic E-state index is -0.157. The zero-order valence-electron chi connectivity index (χ0n) is 11.6. The number of nitrogens with zero attached hydrogens (tertiary/aromatic N) is 2. The third kappa shape index (κ3) is 3.29. The van der Waals surface area contributed by atoms with Crippen molar-refractivity contribution in [2.75, 3.05) is 24.3 Å². The maximum Gasteiger partial charge on any atom is 0.267 e. The highest BCUT2D eigenvalue weighted by molar-refractivity contribution is 7.13. The summed E-state index contributed by atoms with van der Waals surface area (Å²) in [6, 6.07) is 5.46. The van der Waals surface area contributed by atoms with Gasteiger partial charge in [-0.15, -0.1) is 11.3 Å². The van der Waals surface area contributed by atoms with Gasteiger partial charge in [0.2, 0.25) is 0 Å². The minimum Gasteiger partial charge on any atom is -0.376 e. The van der Waals surface area contributed by atoms with Crippen molar-refractivity contribution >= 4 is 40.2 Å². The average molecular weight is 310 g/mol. The number of amides is 1. The molecule has 2 rings (SSSR count). The van der Waals surface area contributed by atoms with Gasteiger partial charge in [-0.3, -0.25) is 4.79 Å². The summed E-state index contributed by atoms with van der Waals surface area (Å²) in [7, 11) is 3.84. The van der Waals surface area contributed by atoms with Crippen LogP contribution in [0.1, 0.15) is 21.6 Å². The van der Waals surface area contributed by atoms with E-state index in [9.17, 15) is 4.79 Å². The molecule has 1 aromatic carbocycles. The number of hydrogen-bond donors (Lipinski definition) is 1. The number of thiazole rings is 1. The van der Waals surface area contributed by atoms with Gasteiger partial charge in [0.1, 0.15) is 4.88 Å². The number of benzene rings is 1. The number of hydrogen-bond acceptors (Lipinski definition) is 4. The molecule has 0 aliphatic rings. The van der Waals surface area contributed by atoms with E-state index in [1.165, 1.54) is 11.3 Å². The average Bonchev–Trinajstić information content (AvgIpc) is 2.87. The molecule has 20 heavy (non-hydrogen) atoms. The molecule has 0 aliphatic carbocycles. The molecule has 0 saturated carbocycles. The summed E-state index contributed by atoms with van der Waals surface area (Å²) in [4.78, 5) is 18.8. The number of halogens is 1. The van der Waals surface area contributed by atoms with E-state index in [-0.39, 0.29) is 5.91 Å². The SMILES string of the molecule is CCc1ncc(C(=O)Nc2ccc(N(C)C)c(Cl)c2)s1. The Labute approximate surface area is 127 Å². The standard InChI is InChI=1S/C14H16ClN3OS/c1-4-13-16-8-12(20-13)14(19)17-9-5-6-11(18(2)3)10(15)7-9/h5-8H,4H2,1-3H3,(H,17,19). The van der Waals surface area contributed by atoms with Crippen molar-refractivity contribution in [3.05, 3.63) is 39.3 Å². The van der Waals surface area contributed by atoms with Crippen LogP contribution in [0.5, 0.6) is 0 Å². The van der Waals surface area contributed by atoms with Crippen molar-refractivity contribution < 1.29 is 4.79 Å². The van der Waals surface area contributed by atoms with Crippen LogP contribution in [0.15, 0.2) is 24.4 Å². The van der Waals surface area contributed by atoms with Crippen molar-refractivity contribution in [2.24, 2.45) is 0 Å².